The molecule has 3 rings (SSSR count). The molecule has 1 aromatic carbocycles. The summed E-state index contributed by atoms with van der Waals surface area (Å²) in [5.41, 5.74) is 0.584. The predicted octanol–water partition coefficient (Wildman–Crippen LogP) is 1.89. The second-order valence-electron chi connectivity index (χ2n) is 5.79. The monoisotopic (exact) mass is 360 g/mol. The molecule has 1 aliphatic rings. The highest BCUT2D eigenvalue weighted by atomic mass is 16.6. The summed E-state index contributed by atoms with van der Waals surface area (Å²) in [4.78, 5) is 39.0. The fourth-order valence-corrected chi connectivity index (χ4v) is 2.73. The van der Waals surface area contributed by atoms with E-state index in [0.29, 0.717) is 38.4 Å². The van der Waals surface area contributed by atoms with Gasteiger partial charge in [0, 0.05) is 31.6 Å². The highest BCUT2D eigenvalue weighted by molar-refractivity contribution is 5.93. The summed E-state index contributed by atoms with van der Waals surface area (Å²) in [6.07, 6.45) is -0.379. The number of hydrogen-bond donors (Lipinski definition) is 0. The van der Waals surface area contributed by atoms with E-state index in [1.54, 1.807) is 34.9 Å². The molecule has 1 aliphatic heterocycles. The lowest BCUT2D eigenvalue weighted by Gasteiger charge is -2.33. The van der Waals surface area contributed by atoms with Crippen molar-refractivity contribution < 1.29 is 28.3 Å². The highest BCUT2D eigenvalue weighted by Gasteiger charge is 2.25. The van der Waals surface area contributed by atoms with Gasteiger partial charge in [0.2, 0.25) is 5.76 Å². The highest BCUT2D eigenvalue weighted by Crippen LogP contribution is 2.19. The zero-order valence-electron chi connectivity index (χ0n) is 14.5. The molecule has 0 radical (unpaired) electrons. The zero-order chi connectivity index (χ0) is 18.5. The number of esters is 1. The normalized spacial score (nSPS) is 14.3. The third-order valence-electron chi connectivity index (χ3n) is 4.11. The largest absolute Gasteiger partial charge is 0.450 e. The Labute approximate surface area is 150 Å². The lowest BCUT2D eigenvalue weighted by molar-refractivity contribution is -0.136. The van der Waals surface area contributed by atoms with E-state index in [0.717, 1.165) is 5.39 Å². The summed E-state index contributed by atoms with van der Waals surface area (Å²) in [7, 11) is 0. The number of carbonyl (C=O) groups excluding carboxylic acids is 3. The van der Waals surface area contributed by atoms with Crippen molar-refractivity contribution in [3.8, 4) is 0 Å². The Hall–Kier alpha value is -3.03. The molecular weight excluding hydrogens is 340 g/mol. The smallest absolute Gasteiger partial charge is 0.409 e. The van der Waals surface area contributed by atoms with Crippen molar-refractivity contribution in [3.05, 3.63) is 36.1 Å². The van der Waals surface area contributed by atoms with Crippen LogP contribution in [0, 0.1) is 0 Å². The number of para-hydroxylation sites is 1. The van der Waals surface area contributed by atoms with Crippen molar-refractivity contribution in [1.82, 2.24) is 9.80 Å². The van der Waals surface area contributed by atoms with Crippen molar-refractivity contribution in [2.45, 2.75) is 6.92 Å². The first-order chi connectivity index (χ1) is 12.6. The molecule has 0 unspecified atom stereocenters. The van der Waals surface area contributed by atoms with Crippen LogP contribution in [0.25, 0.3) is 11.0 Å². The van der Waals surface area contributed by atoms with Gasteiger partial charge in [0.25, 0.3) is 5.91 Å². The van der Waals surface area contributed by atoms with Gasteiger partial charge in [0.15, 0.2) is 6.61 Å². The van der Waals surface area contributed by atoms with Crippen LogP contribution >= 0.6 is 0 Å². The van der Waals surface area contributed by atoms with E-state index in [-0.39, 0.29) is 24.4 Å². The maximum Gasteiger partial charge on any atom is 0.409 e. The topological polar surface area (TPSA) is 89.3 Å². The number of hydrogen-bond acceptors (Lipinski definition) is 6. The Morgan fingerprint density at radius 2 is 1.73 bits per heavy atom. The minimum atomic E-state index is -0.681. The Kier molecular flexibility index (Phi) is 5.40. The summed E-state index contributed by atoms with van der Waals surface area (Å²) in [6.45, 7) is 3.23. The van der Waals surface area contributed by atoms with Crippen LogP contribution in [0.1, 0.15) is 17.5 Å². The van der Waals surface area contributed by atoms with Crippen molar-refractivity contribution in [1.29, 1.82) is 0 Å². The minimum Gasteiger partial charge on any atom is -0.450 e. The number of amides is 2. The number of fused-ring (bicyclic) bond motifs is 1. The Morgan fingerprint density at radius 1 is 1.04 bits per heavy atom. The number of carbonyl (C=O) groups is 3. The third-order valence-corrected chi connectivity index (χ3v) is 4.11. The van der Waals surface area contributed by atoms with Gasteiger partial charge in [-0.25, -0.2) is 9.59 Å². The Bertz CT molecular complexity index is 774. The maximum absolute atomic E-state index is 12.2. The molecule has 1 aromatic heterocycles. The van der Waals surface area contributed by atoms with Crippen molar-refractivity contribution in [3.63, 3.8) is 0 Å². The summed E-state index contributed by atoms with van der Waals surface area (Å²) < 4.78 is 15.4. The van der Waals surface area contributed by atoms with Crippen LogP contribution in [0.5, 0.6) is 0 Å². The van der Waals surface area contributed by atoms with Crippen LogP contribution < -0.4 is 0 Å². The van der Waals surface area contributed by atoms with E-state index in [1.807, 2.05) is 12.1 Å². The summed E-state index contributed by atoms with van der Waals surface area (Å²) in [6, 6.07) is 8.80. The van der Waals surface area contributed by atoms with Gasteiger partial charge in [-0.2, -0.15) is 0 Å². The fraction of sp³-hybridized carbons (Fsp3) is 0.389. The second-order valence-corrected chi connectivity index (χ2v) is 5.79. The number of rotatable bonds is 4. The van der Waals surface area contributed by atoms with Crippen LogP contribution in [-0.4, -0.2) is 67.2 Å². The number of nitrogens with zero attached hydrogens (tertiary/aromatic N) is 2. The summed E-state index contributed by atoms with van der Waals surface area (Å²) >= 11 is 0. The summed E-state index contributed by atoms with van der Waals surface area (Å²) in [5.74, 6) is -0.927. The quantitative estimate of drug-likeness (QED) is 0.774. The first-order valence-corrected chi connectivity index (χ1v) is 8.43. The van der Waals surface area contributed by atoms with E-state index in [1.165, 1.54) is 0 Å². The molecule has 0 N–H and O–H groups in total. The van der Waals surface area contributed by atoms with Crippen LogP contribution in [0.4, 0.5) is 4.79 Å². The lowest BCUT2D eigenvalue weighted by Crippen LogP contribution is -2.51. The number of piperazine rings is 1. The molecule has 26 heavy (non-hydrogen) atoms. The first kappa shape index (κ1) is 17.8. The van der Waals surface area contributed by atoms with Gasteiger partial charge in [0.1, 0.15) is 5.58 Å². The molecule has 138 valence electrons. The first-order valence-electron chi connectivity index (χ1n) is 8.43. The Balaban J connectivity index is 1.48. The maximum atomic E-state index is 12.2. The second kappa shape index (κ2) is 7.90. The van der Waals surface area contributed by atoms with E-state index in [4.69, 9.17) is 13.9 Å². The van der Waals surface area contributed by atoms with Gasteiger partial charge < -0.3 is 23.7 Å². The van der Waals surface area contributed by atoms with Crippen LogP contribution in [-0.2, 0) is 14.3 Å². The molecule has 2 heterocycles. The zero-order valence-corrected chi connectivity index (χ0v) is 14.5. The Morgan fingerprint density at radius 3 is 2.42 bits per heavy atom. The molecule has 8 nitrogen and oxygen atoms in total. The van der Waals surface area contributed by atoms with Gasteiger partial charge in [-0.3, -0.25) is 4.79 Å². The van der Waals surface area contributed by atoms with Gasteiger partial charge in [-0.1, -0.05) is 18.2 Å². The number of benzene rings is 1. The standard InChI is InChI=1S/C18H20N2O6/c1-2-24-18(23)20-9-7-19(8-10-20)16(21)12-25-17(22)15-11-13-5-3-4-6-14(13)26-15/h3-6,11H,2,7-10,12H2,1H3. The van der Waals surface area contributed by atoms with Crippen LogP contribution in [0.3, 0.4) is 0 Å². The van der Waals surface area contributed by atoms with E-state index in [9.17, 15) is 14.4 Å². The molecule has 0 spiro atoms. The average molecular weight is 360 g/mol. The van der Waals surface area contributed by atoms with E-state index < -0.39 is 5.97 Å². The number of furan rings is 1. The summed E-state index contributed by atoms with van der Waals surface area (Å²) in [5, 5.41) is 0.792. The van der Waals surface area contributed by atoms with Crippen LogP contribution in [0.2, 0.25) is 0 Å². The van der Waals surface area contributed by atoms with Crippen molar-refractivity contribution >= 4 is 28.9 Å². The predicted molar refractivity (Wildman–Crippen MR) is 91.7 cm³/mol. The van der Waals surface area contributed by atoms with Gasteiger partial charge in [-0.15, -0.1) is 0 Å². The van der Waals surface area contributed by atoms with Crippen molar-refractivity contribution in [2.24, 2.45) is 0 Å². The van der Waals surface area contributed by atoms with Gasteiger partial charge >= 0.3 is 12.1 Å². The molecule has 0 aliphatic carbocycles. The molecule has 8 heteroatoms. The third kappa shape index (κ3) is 3.96. The van der Waals surface area contributed by atoms with E-state index >= 15 is 0 Å². The average Bonchev–Trinajstić information content (AvgIpc) is 3.10. The SMILES string of the molecule is CCOC(=O)N1CCN(C(=O)COC(=O)c2cc3ccccc3o2)CC1. The minimum absolute atomic E-state index is 0.0612. The van der Waals surface area contributed by atoms with Crippen LogP contribution in [0.15, 0.2) is 34.7 Å². The molecule has 0 atom stereocenters. The molecule has 2 amide bonds. The lowest BCUT2D eigenvalue weighted by atomic mass is 10.2. The fourth-order valence-electron chi connectivity index (χ4n) is 2.73. The molecule has 1 fully saturated rings. The molecule has 0 bridgehead atoms. The molecular formula is C18H20N2O6. The number of ether oxygens (including phenoxy) is 2. The van der Waals surface area contributed by atoms with E-state index in [2.05, 4.69) is 0 Å². The molecule has 2 aromatic rings. The molecule has 0 saturated carbocycles. The van der Waals surface area contributed by atoms with Gasteiger partial charge in [0.05, 0.1) is 6.61 Å². The molecule has 1 saturated heterocycles. The van der Waals surface area contributed by atoms with Gasteiger partial charge in [-0.05, 0) is 19.1 Å². The van der Waals surface area contributed by atoms with Crippen molar-refractivity contribution in [2.75, 3.05) is 39.4 Å².